The van der Waals surface area contributed by atoms with E-state index >= 15 is 0 Å². The Bertz CT molecular complexity index is 657. The molecule has 0 spiro atoms. The van der Waals surface area contributed by atoms with E-state index in [-0.39, 0.29) is 19.3 Å². The maximum Gasteiger partial charge on any atom is 0.326 e. The third-order valence-corrected chi connectivity index (χ3v) is 5.37. The largest absolute Gasteiger partial charge is 0.480 e. The number of carbonyl (C=O) groups excluding carboxylic acids is 4. The molecule has 0 aromatic rings. The van der Waals surface area contributed by atoms with Crippen LogP contribution in [0.25, 0.3) is 0 Å². The van der Waals surface area contributed by atoms with Gasteiger partial charge in [0.25, 0.3) is 0 Å². The van der Waals surface area contributed by atoms with Gasteiger partial charge in [0.1, 0.15) is 18.1 Å². The summed E-state index contributed by atoms with van der Waals surface area (Å²) in [6.07, 6.45) is 3.01. The Morgan fingerprint density at radius 1 is 1.06 bits per heavy atom. The van der Waals surface area contributed by atoms with Crippen molar-refractivity contribution in [1.82, 2.24) is 21.3 Å². The van der Waals surface area contributed by atoms with Crippen molar-refractivity contribution in [2.45, 2.75) is 56.3 Å². The summed E-state index contributed by atoms with van der Waals surface area (Å²) in [5.41, 5.74) is 5.03. The minimum atomic E-state index is -1.35. The first kappa shape index (κ1) is 26.7. The number of thioether (sulfide) groups is 1. The molecule has 4 atom stereocenters. The van der Waals surface area contributed by atoms with Gasteiger partial charge in [-0.2, -0.15) is 11.8 Å². The Balaban J connectivity index is 2.77. The van der Waals surface area contributed by atoms with E-state index in [2.05, 4.69) is 21.3 Å². The lowest BCUT2D eigenvalue weighted by molar-refractivity contribution is -0.142. The van der Waals surface area contributed by atoms with Crippen molar-refractivity contribution < 1.29 is 34.2 Å². The number of primary amides is 1. The lowest BCUT2D eigenvalue weighted by Gasteiger charge is -2.24. The van der Waals surface area contributed by atoms with Crippen molar-refractivity contribution in [2.24, 2.45) is 5.73 Å². The number of carbonyl (C=O) groups is 5. The van der Waals surface area contributed by atoms with Gasteiger partial charge in [-0.05, 0) is 44.2 Å². The van der Waals surface area contributed by atoms with E-state index in [9.17, 15) is 34.2 Å². The number of rotatable bonds is 14. The molecule has 0 saturated carbocycles. The third-order valence-electron chi connectivity index (χ3n) is 4.73. The van der Waals surface area contributed by atoms with Gasteiger partial charge in [-0.1, -0.05) is 0 Å². The number of carboxylic acids is 1. The van der Waals surface area contributed by atoms with Crippen molar-refractivity contribution in [1.29, 1.82) is 0 Å². The van der Waals surface area contributed by atoms with Crippen molar-refractivity contribution >= 4 is 41.4 Å². The molecule has 0 aromatic heterocycles. The standard InChI is InChI=1S/C18H31N5O7S/c1-31-8-6-11(16(27)22-12(18(29)30)4-5-14(19)25)21-17(28)13(9-24)23-15(26)10-3-2-7-20-10/h10-13,20,24H,2-9H2,1H3,(H2,19,25)(H,21,28)(H,22,27)(H,23,26)(H,29,30). The maximum absolute atomic E-state index is 12.6. The van der Waals surface area contributed by atoms with Crippen LogP contribution >= 0.6 is 11.8 Å². The van der Waals surface area contributed by atoms with Gasteiger partial charge < -0.3 is 37.2 Å². The fourth-order valence-corrected chi connectivity index (χ4v) is 3.44. The molecule has 1 saturated heterocycles. The van der Waals surface area contributed by atoms with Gasteiger partial charge in [0.05, 0.1) is 12.6 Å². The highest BCUT2D eigenvalue weighted by molar-refractivity contribution is 7.98. The minimum absolute atomic E-state index is 0.191. The first-order chi connectivity index (χ1) is 14.7. The number of nitrogens with two attached hydrogens (primary N) is 1. The zero-order chi connectivity index (χ0) is 23.4. The van der Waals surface area contributed by atoms with E-state index in [1.54, 1.807) is 6.26 Å². The van der Waals surface area contributed by atoms with Crippen LogP contribution in [0.15, 0.2) is 0 Å². The van der Waals surface area contributed by atoms with Crippen LogP contribution in [0.5, 0.6) is 0 Å². The van der Waals surface area contributed by atoms with E-state index in [1.807, 2.05) is 0 Å². The van der Waals surface area contributed by atoms with E-state index in [0.717, 1.165) is 6.42 Å². The first-order valence-corrected chi connectivity index (χ1v) is 11.3. The average molecular weight is 462 g/mol. The van der Waals surface area contributed by atoms with E-state index < -0.39 is 60.4 Å². The van der Waals surface area contributed by atoms with Crippen LogP contribution in [0.3, 0.4) is 0 Å². The molecule has 4 amide bonds. The number of carboxylic acid groups (broad SMARTS) is 1. The normalized spacial score (nSPS) is 18.5. The number of aliphatic hydroxyl groups excluding tert-OH is 1. The second kappa shape index (κ2) is 13.8. The Morgan fingerprint density at radius 3 is 2.23 bits per heavy atom. The van der Waals surface area contributed by atoms with Gasteiger partial charge in [0, 0.05) is 6.42 Å². The fourth-order valence-electron chi connectivity index (χ4n) is 2.97. The second-order valence-corrected chi connectivity index (χ2v) is 8.13. The molecule has 1 aliphatic rings. The second-order valence-electron chi connectivity index (χ2n) is 7.14. The Kier molecular flexibility index (Phi) is 11.9. The summed E-state index contributed by atoms with van der Waals surface area (Å²) in [5, 5.41) is 29.0. The smallest absolute Gasteiger partial charge is 0.326 e. The fraction of sp³-hybridized carbons (Fsp3) is 0.722. The molecule has 8 N–H and O–H groups in total. The molecule has 13 heteroatoms. The molecule has 1 rings (SSSR count). The number of amides is 4. The molecule has 1 fully saturated rings. The summed E-state index contributed by atoms with van der Waals surface area (Å²) < 4.78 is 0. The third kappa shape index (κ3) is 9.53. The summed E-state index contributed by atoms with van der Waals surface area (Å²) in [5.74, 6) is -3.49. The summed E-state index contributed by atoms with van der Waals surface area (Å²) in [7, 11) is 0. The van der Waals surface area contributed by atoms with Crippen LogP contribution in [0.4, 0.5) is 0 Å². The molecule has 176 valence electrons. The molecular formula is C18H31N5O7S. The molecule has 1 heterocycles. The lowest BCUT2D eigenvalue weighted by Crippen LogP contribution is -2.58. The molecule has 0 bridgehead atoms. The molecule has 0 aromatic carbocycles. The van der Waals surface area contributed by atoms with Gasteiger partial charge in [-0.3, -0.25) is 19.2 Å². The van der Waals surface area contributed by atoms with Crippen LogP contribution < -0.4 is 27.0 Å². The number of hydrogen-bond donors (Lipinski definition) is 7. The summed E-state index contributed by atoms with van der Waals surface area (Å²) >= 11 is 1.42. The topological polar surface area (TPSA) is 200 Å². The van der Waals surface area contributed by atoms with Crippen molar-refractivity contribution in [3.8, 4) is 0 Å². The Morgan fingerprint density at radius 2 is 1.71 bits per heavy atom. The predicted molar refractivity (Wildman–Crippen MR) is 113 cm³/mol. The molecule has 12 nitrogen and oxygen atoms in total. The van der Waals surface area contributed by atoms with Crippen molar-refractivity contribution in [3.05, 3.63) is 0 Å². The maximum atomic E-state index is 12.6. The zero-order valence-electron chi connectivity index (χ0n) is 17.4. The predicted octanol–water partition coefficient (Wildman–Crippen LogP) is -2.71. The van der Waals surface area contributed by atoms with Gasteiger partial charge in [0.15, 0.2) is 0 Å². The quantitative estimate of drug-likeness (QED) is 0.144. The van der Waals surface area contributed by atoms with Crippen LogP contribution in [0.2, 0.25) is 0 Å². The van der Waals surface area contributed by atoms with Crippen molar-refractivity contribution in [3.63, 3.8) is 0 Å². The van der Waals surface area contributed by atoms with Crippen LogP contribution in [0.1, 0.15) is 32.1 Å². The molecule has 0 radical (unpaired) electrons. The van der Waals surface area contributed by atoms with Gasteiger partial charge in [0.2, 0.25) is 23.6 Å². The number of aliphatic carboxylic acids is 1. The summed E-state index contributed by atoms with van der Waals surface area (Å²) in [6.45, 7) is 0.0169. The SMILES string of the molecule is CSCCC(NC(=O)C(CO)NC(=O)C1CCCN1)C(=O)NC(CCC(N)=O)C(=O)O. The Labute approximate surface area is 184 Å². The summed E-state index contributed by atoms with van der Waals surface area (Å²) in [6, 6.07) is -4.15. The highest BCUT2D eigenvalue weighted by Crippen LogP contribution is 2.06. The molecule has 31 heavy (non-hydrogen) atoms. The number of hydrogen-bond acceptors (Lipinski definition) is 8. The van der Waals surface area contributed by atoms with Gasteiger partial charge in [-0.25, -0.2) is 4.79 Å². The minimum Gasteiger partial charge on any atom is -0.480 e. The van der Waals surface area contributed by atoms with Gasteiger partial charge >= 0.3 is 5.97 Å². The van der Waals surface area contributed by atoms with E-state index in [0.29, 0.717) is 18.7 Å². The molecular weight excluding hydrogens is 430 g/mol. The lowest BCUT2D eigenvalue weighted by atomic mass is 10.1. The van der Waals surface area contributed by atoms with Crippen LogP contribution in [-0.2, 0) is 24.0 Å². The van der Waals surface area contributed by atoms with Crippen molar-refractivity contribution in [2.75, 3.05) is 25.2 Å². The average Bonchev–Trinajstić information content (AvgIpc) is 3.26. The highest BCUT2D eigenvalue weighted by Gasteiger charge is 2.31. The van der Waals surface area contributed by atoms with Gasteiger partial charge in [-0.15, -0.1) is 0 Å². The van der Waals surface area contributed by atoms with E-state index in [4.69, 9.17) is 5.73 Å². The zero-order valence-corrected chi connectivity index (χ0v) is 18.2. The van der Waals surface area contributed by atoms with E-state index in [1.165, 1.54) is 11.8 Å². The Hall–Kier alpha value is -2.38. The number of aliphatic hydroxyl groups is 1. The number of nitrogens with one attached hydrogen (secondary N) is 4. The van der Waals surface area contributed by atoms with Crippen LogP contribution in [0, 0.1) is 0 Å². The summed E-state index contributed by atoms with van der Waals surface area (Å²) in [4.78, 5) is 59.7. The van der Waals surface area contributed by atoms with Crippen LogP contribution in [-0.4, -0.2) is 89.1 Å². The highest BCUT2D eigenvalue weighted by atomic mass is 32.2. The molecule has 1 aliphatic heterocycles. The molecule has 4 unspecified atom stereocenters. The monoisotopic (exact) mass is 461 g/mol. The molecule has 0 aliphatic carbocycles. The first-order valence-electron chi connectivity index (χ1n) is 9.95.